The van der Waals surface area contributed by atoms with Crippen LogP contribution in [0.3, 0.4) is 0 Å². The summed E-state index contributed by atoms with van der Waals surface area (Å²) in [6.45, 7) is 2.04. The molecule has 3 heterocycles. The van der Waals surface area contributed by atoms with Crippen molar-refractivity contribution in [2.45, 2.75) is 12.1 Å². The number of aromatic nitrogens is 4. The summed E-state index contributed by atoms with van der Waals surface area (Å²) in [6, 6.07) is 15.3. The number of nitrogens with zero attached hydrogens (tertiary/aromatic N) is 4. The first-order valence-corrected chi connectivity index (χ1v) is 10.6. The van der Waals surface area contributed by atoms with Gasteiger partial charge in [-0.3, -0.25) is 14.3 Å². The lowest BCUT2D eigenvalue weighted by atomic mass is 10.2. The van der Waals surface area contributed by atoms with E-state index in [-0.39, 0.29) is 11.5 Å². The van der Waals surface area contributed by atoms with Gasteiger partial charge < -0.3 is 0 Å². The van der Waals surface area contributed by atoms with E-state index in [1.165, 1.54) is 23.1 Å². The number of benzene rings is 1. The Morgan fingerprint density at radius 1 is 1.14 bits per heavy atom. The summed E-state index contributed by atoms with van der Waals surface area (Å²) in [7, 11) is 0. The van der Waals surface area contributed by atoms with Crippen molar-refractivity contribution in [3.63, 3.8) is 0 Å². The van der Waals surface area contributed by atoms with Crippen molar-refractivity contribution in [1.29, 1.82) is 0 Å². The molecule has 1 aromatic carbocycles. The van der Waals surface area contributed by atoms with Gasteiger partial charge in [0.15, 0.2) is 16.8 Å². The number of Topliss-reactive ketones (excluding diaryl/α,β-unsaturated/α-hetero) is 1. The van der Waals surface area contributed by atoms with Gasteiger partial charge in [-0.2, -0.15) is 0 Å². The van der Waals surface area contributed by atoms with E-state index in [4.69, 9.17) is 11.6 Å². The minimum atomic E-state index is 0.0177. The van der Waals surface area contributed by atoms with Crippen LogP contribution in [-0.4, -0.2) is 31.3 Å². The number of hydrogen-bond donors (Lipinski definition) is 0. The fourth-order valence-electron chi connectivity index (χ4n) is 2.74. The molecular formula is C20H15ClN4OS2. The summed E-state index contributed by atoms with van der Waals surface area (Å²) in [6.07, 6.45) is 3.48. The van der Waals surface area contributed by atoms with E-state index < -0.39 is 0 Å². The largest absolute Gasteiger partial charge is 0.292 e. The molecule has 0 aliphatic carbocycles. The molecule has 0 spiro atoms. The lowest BCUT2D eigenvalue weighted by Gasteiger charge is -2.12. The molecule has 4 aromatic rings. The minimum absolute atomic E-state index is 0.0177. The third kappa shape index (κ3) is 3.87. The number of ketones is 1. The zero-order valence-electron chi connectivity index (χ0n) is 14.9. The average molecular weight is 427 g/mol. The van der Waals surface area contributed by atoms with Crippen molar-refractivity contribution in [3.05, 3.63) is 75.7 Å². The molecular weight excluding hydrogens is 412 g/mol. The highest BCUT2D eigenvalue weighted by Crippen LogP contribution is 2.30. The van der Waals surface area contributed by atoms with Gasteiger partial charge in [0.2, 0.25) is 0 Å². The van der Waals surface area contributed by atoms with Crippen LogP contribution in [0.5, 0.6) is 0 Å². The number of pyridine rings is 1. The lowest BCUT2D eigenvalue weighted by Crippen LogP contribution is -2.05. The summed E-state index contributed by atoms with van der Waals surface area (Å²) in [5.41, 5.74) is 2.92. The molecule has 8 heteroatoms. The summed E-state index contributed by atoms with van der Waals surface area (Å²) in [4.78, 5) is 17.3. The molecule has 0 aliphatic rings. The molecule has 0 saturated heterocycles. The smallest absolute Gasteiger partial charge is 0.196 e. The normalized spacial score (nSPS) is 10.9. The van der Waals surface area contributed by atoms with Crippen LogP contribution >= 0.6 is 34.7 Å². The number of carbonyl (C=O) groups excluding carboxylic acids is 1. The number of thioether (sulfide) groups is 1. The monoisotopic (exact) mass is 426 g/mol. The standard InChI is InChI=1S/C20H15ClN4OS2/c1-13-5-2-3-7-15(13)25-19(14-6-4-10-22-11-14)23-24-20(25)27-12-16(26)17-8-9-18(21)28-17/h2-11H,12H2,1H3. The first-order chi connectivity index (χ1) is 13.6. The average Bonchev–Trinajstić information content (AvgIpc) is 3.33. The summed E-state index contributed by atoms with van der Waals surface area (Å²) in [5.74, 6) is 0.967. The first-order valence-electron chi connectivity index (χ1n) is 8.46. The van der Waals surface area contributed by atoms with Crippen LogP contribution in [0.25, 0.3) is 17.1 Å². The maximum absolute atomic E-state index is 12.5. The van der Waals surface area contributed by atoms with Crippen molar-refractivity contribution in [3.8, 4) is 17.1 Å². The van der Waals surface area contributed by atoms with Gasteiger partial charge in [0.05, 0.1) is 20.7 Å². The Hall–Kier alpha value is -2.48. The zero-order valence-corrected chi connectivity index (χ0v) is 17.3. The summed E-state index contributed by atoms with van der Waals surface area (Å²) >= 11 is 8.59. The second kappa shape index (κ2) is 8.26. The van der Waals surface area contributed by atoms with E-state index in [0.29, 0.717) is 20.2 Å². The topological polar surface area (TPSA) is 60.7 Å². The second-order valence-corrected chi connectivity index (χ2v) is 8.64. The third-order valence-electron chi connectivity index (χ3n) is 4.09. The Morgan fingerprint density at radius 3 is 2.71 bits per heavy atom. The third-order valence-corrected chi connectivity index (χ3v) is 6.29. The van der Waals surface area contributed by atoms with Crippen molar-refractivity contribution in [2.75, 3.05) is 5.75 Å². The van der Waals surface area contributed by atoms with Crippen molar-refractivity contribution in [1.82, 2.24) is 19.7 Å². The molecule has 0 atom stereocenters. The van der Waals surface area contributed by atoms with E-state index in [1.807, 2.05) is 47.9 Å². The van der Waals surface area contributed by atoms with Crippen molar-refractivity contribution >= 4 is 40.5 Å². The van der Waals surface area contributed by atoms with Gasteiger partial charge in [0.25, 0.3) is 0 Å². The molecule has 0 radical (unpaired) electrons. The van der Waals surface area contributed by atoms with E-state index in [2.05, 4.69) is 15.2 Å². The summed E-state index contributed by atoms with van der Waals surface area (Å²) in [5, 5.41) is 9.39. The van der Waals surface area contributed by atoms with Crippen LogP contribution in [0.15, 0.2) is 66.1 Å². The quantitative estimate of drug-likeness (QED) is 0.308. The number of rotatable bonds is 6. The maximum Gasteiger partial charge on any atom is 0.196 e. The molecule has 4 rings (SSSR count). The van der Waals surface area contributed by atoms with E-state index >= 15 is 0 Å². The van der Waals surface area contributed by atoms with Crippen LogP contribution in [0.1, 0.15) is 15.2 Å². The van der Waals surface area contributed by atoms with E-state index in [0.717, 1.165) is 16.8 Å². The van der Waals surface area contributed by atoms with Crippen LogP contribution in [-0.2, 0) is 0 Å². The Bertz CT molecular complexity index is 1120. The molecule has 5 nitrogen and oxygen atoms in total. The zero-order chi connectivity index (χ0) is 19.5. The number of aryl methyl sites for hydroxylation is 1. The van der Waals surface area contributed by atoms with Gasteiger partial charge >= 0.3 is 0 Å². The molecule has 0 saturated carbocycles. The van der Waals surface area contributed by atoms with Gasteiger partial charge in [-0.1, -0.05) is 41.6 Å². The van der Waals surface area contributed by atoms with Gasteiger partial charge in [0.1, 0.15) is 0 Å². The summed E-state index contributed by atoms with van der Waals surface area (Å²) < 4.78 is 2.58. The fourth-order valence-corrected chi connectivity index (χ4v) is 4.64. The minimum Gasteiger partial charge on any atom is -0.292 e. The first kappa shape index (κ1) is 18.9. The molecule has 0 fully saturated rings. The lowest BCUT2D eigenvalue weighted by molar-refractivity contribution is 0.102. The predicted octanol–water partition coefficient (Wildman–Crippen LogP) is 5.33. The van der Waals surface area contributed by atoms with Crippen LogP contribution < -0.4 is 0 Å². The van der Waals surface area contributed by atoms with Crippen LogP contribution in [0.2, 0.25) is 4.34 Å². The molecule has 0 bridgehead atoms. The Morgan fingerprint density at radius 2 is 2.00 bits per heavy atom. The van der Waals surface area contributed by atoms with Gasteiger partial charge in [-0.25, -0.2) is 0 Å². The van der Waals surface area contributed by atoms with E-state index in [9.17, 15) is 4.79 Å². The number of halogens is 1. The molecule has 28 heavy (non-hydrogen) atoms. The molecule has 3 aromatic heterocycles. The van der Waals surface area contributed by atoms with Crippen LogP contribution in [0.4, 0.5) is 0 Å². The molecule has 0 unspecified atom stereocenters. The highest BCUT2D eigenvalue weighted by Gasteiger charge is 2.19. The van der Waals surface area contributed by atoms with Crippen LogP contribution in [0, 0.1) is 6.92 Å². The highest BCUT2D eigenvalue weighted by atomic mass is 35.5. The highest BCUT2D eigenvalue weighted by molar-refractivity contribution is 7.99. The number of carbonyl (C=O) groups is 1. The predicted molar refractivity (Wildman–Crippen MR) is 114 cm³/mol. The van der Waals surface area contributed by atoms with Gasteiger partial charge in [0, 0.05) is 18.0 Å². The number of thiophene rings is 1. The number of para-hydroxylation sites is 1. The Labute approximate surface area is 175 Å². The SMILES string of the molecule is Cc1ccccc1-n1c(SCC(=O)c2ccc(Cl)s2)nnc1-c1cccnc1. The maximum atomic E-state index is 12.5. The second-order valence-electron chi connectivity index (χ2n) is 5.99. The van der Waals surface area contributed by atoms with Gasteiger partial charge in [-0.15, -0.1) is 21.5 Å². The Balaban J connectivity index is 1.70. The molecule has 0 aliphatic heterocycles. The van der Waals surface area contributed by atoms with Crippen molar-refractivity contribution < 1.29 is 4.79 Å². The molecule has 0 N–H and O–H groups in total. The van der Waals surface area contributed by atoms with Crippen molar-refractivity contribution in [2.24, 2.45) is 0 Å². The van der Waals surface area contributed by atoms with Gasteiger partial charge in [-0.05, 0) is 42.8 Å². The number of hydrogen-bond acceptors (Lipinski definition) is 6. The Kier molecular flexibility index (Phi) is 5.57. The molecule has 140 valence electrons. The van der Waals surface area contributed by atoms with E-state index in [1.54, 1.807) is 24.5 Å². The molecule has 0 amide bonds. The fraction of sp³-hybridized carbons (Fsp3) is 0.100.